The van der Waals surface area contributed by atoms with Crippen LogP contribution in [0.2, 0.25) is 0 Å². The van der Waals surface area contributed by atoms with Crippen LogP contribution in [0.4, 0.5) is 0 Å². The molecule has 0 spiro atoms. The second kappa shape index (κ2) is 7.91. The van der Waals surface area contributed by atoms with Crippen molar-refractivity contribution in [2.24, 2.45) is 0 Å². The standard InChI is InChI=1S/C21H24O5/c1-20(25,18(23)14-16-11-7-4-8-12-16)21(2,26)19(24)17(22)13-15-9-5-3-6-10-15/h3-12,17,22,25-26H,13-14H2,1-2H3/t17?,20-,21-/m1/s1. The van der Waals surface area contributed by atoms with Crippen molar-refractivity contribution in [1.29, 1.82) is 0 Å². The maximum atomic E-state index is 12.6. The topological polar surface area (TPSA) is 94.8 Å². The Morgan fingerprint density at radius 3 is 1.81 bits per heavy atom. The number of ketones is 2. The first-order valence-electron chi connectivity index (χ1n) is 8.44. The Hall–Kier alpha value is -2.34. The minimum absolute atomic E-state index is 0.0151. The third-order valence-corrected chi connectivity index (χ3v) is 4.75. The number of hydrogen-bond donors (Lipinski definition) is 3. The molecule has 0 aromatic heterocycles. The van der Waals surface area contributed by atoms with Gasteiger partial charge in [-0.2, -0.15) is 0 Å². The number of hydrogen-bond acceptors (Lipinski definition) is 5. The minimum atomic E-state index is -2.42. The third kappa shape index (κ3) is 4.25. The molecular formula is C21H24O5. The fourth-order valence-electron chi connectivity index (χ4n) is 2.72. The van der Waals surface area contributed by atoms with Crippen molar-refractivity contribution in [1.82, 2.24) is 0 Å². The zero-order valence-corrected chi connectivity index (χ0v) is 14.9. The van der Waals surface area contributed by atoms with E-state index in [1.165, 1.54) is 0 Å². The first kappa shape index (κ1) is 20.0. The summed E-state index contributed by atoms with van der Waals surface area (Å²) >= 11 is 0. The summed E-state index contributed by atoms with van der Waals surface area (Å²) in [4.78, 5) is 25.1. The van der Waals surface area contributed by atoms with Crippen molar-refractivity contribution >= 4 is 11.6 Å². The predicted molar refractivity (Wildman–Crippen MR) is 97.6 cm³/mol. The molecular weight excluding hydrogens is 332 g/mol. The summed E-state index contributed by atoms with van der Waals surface area (Å²) in [5.41, 5.74) is -3.39. The Labute approximate surface area is 152 Å². The van der Waals surface area contributed by atoms with Gasteiger partial charge in [-0.05, 0) is 25.0 Å². The second-order valence-corrected chi connectivity index (χ2v) is 6.80. The summed E-state index contributed by atoms with van der Waals surface area (Å²) in [6.45, 7) is 2.16. The van der Waals surface area contributed by atoms with Gasteiger partial charge in [0.2, 0.25) is 0 Å². The van der Waals surface area contributed by atoms with Crippen LogP contribution >= 0.6 is 0 Å². The average Bonchev–Trinajstić information content (AvgIpc) is 2.62. The molecule has 0 radical (unpaired) electrons. The highest BCUT2D eigenvalue weighted by Gasteiger charge is 2.53. The number of carbonyl (C=O) groups excluding carboxylic acids is 2. The summed E-state index contributed by atoms with van der Waals surface area (Å²) in [6.07, 6.45) is -1.69. The molecule has 5 heteroatoms. The van der Waals surface area contributed by atoms with E-state index in [1.54, 1.807) is 60.7 Å². The van der Waals surface area contributed by atoms with Gasteiger partial charge in [-0.25, -0.2) is 0 Å². The Kier molecular flexibility index (Phi) is 6.08. The van der Waals surface area contributed by atoms with Crippen LogP contribution in [0.15, 0.2) is 60.7 Å². The van der Waals surface area contributed by atoms with Crippen LogP contribution in [-0.4, -0.2) is 44.2 Å². The molecule has 0 bridgehead atoms. The van der Waals surface area contributed by atoms with Crippen LogP contribution in [0.1, 0.15) is 25.0 Å². The van der Waals surface area contributed by atoms with Gasteiger partial charge in [0.25, 0.3) is 0 Å². The van der Waals surface area contributed by atoms with E-state index in [9.17, 15) is 24.9 Å². The highest BCUT2D eigenvalue weighted by atomic mass is 16.4. The summed E-state index contributed by atoms with van der Waals surface area (Å²) in [6, 6.07) is 17.6. The molecule has 0 aliphatic rings. The number of Topliss-reactive ketones (excluding diaryl/α,β-unsaturated/α-hetero) is 2. The minimum Gasteiger partial charge on any atom is -0.385 e. The molecule has 3 atom stereocenters. The SMILES string of the molecule is C[C@@](O)(C(=O)Cc1ccccc1)[C@](C)(O)C(=O)C(O)Cc1ccccc1. The number of aliphatic hydroxyl groups excluding tert-OH is 1. The monoisotopic (exact) mass is 356 g/mol. The van der Waals surface area contributed by atoms with E-state index in [2.05, 4.69) is 0 Å². The number of rotatable bonds is 8. The highest BCUT2D eigenvalue weighted by Crippen LogP contribution is 2.27. The van der Waals surface area contributed by atoms with E-state index in [0.717, 1.165) is 13.8 Å². The van der Waals surface area contributed by atoms with Crippen LogP contribution in [0, 0.1) is 0 Å². The average molecular weight is 356 g/mol. The van der Waals surface area contributed by atoms with Crippen molar-refractivity contribution < 1.29 is 24.9 Å². The van der Waals surface area contributed by atoms with Gasteiger partial charge in [-0.1, -0.05) is 60.7 Å². The maximum absolute atomic E-state index is 12.6. The van der Waals surface area contributed by atoms with Gasteiger partial charge in [0, 0.05) is 12.8 Å². The molecule has 0 aliphatic carbocycles. The molecule has 1 unspecified atom stereocenters. The van der Waals surface area contributed by atoms with Crippen LogP contribution in [-0.2, 0) is 22.4 Å². The number of carbonyl (C=O) groups is 2. The van der Waals surface area contributed by atoms with E-state index in [1.807, 2.05) is 0 Å². The molecule has 2 aromatic carbocycles. The third-order valence-electron chi connectivity index (χ3n) is 4.75. The Bertz CT molecular complexity index is 750. The molecule has 26 heavy (non-hydrogen) atoms. The van der Waals surface area contributed by atoms with E-state index in [0.29, 0.717) is 11.1 Å². The predicted octanol–water partition coefficient (Wildman–Crippen LogP) is 1.47. The Balaban J connectivity index is 2.14. The molecule has 2 aromatic rings. The summed E-state index contributed by atoms with van der Waals surface area (Å²) in [5.74, 6) is -1.69. The van der Waals surface area contributed by atoms with Crippen molar-refractivity contribution in [2.45, 2.75) is 44.0 Å². The van der Waals surface area contributed by atoms with Crippen molar-refractivity contribution in [3.8, 4) is 0 Å². The van der Waals surface area contributed by atoms with Crippen molar-refractivity contribution in [3.05, 3.63) is 71.8 Å². The molecule has 0 saturated carbocycles. The van der Waals surface area contributed by atoms with E-state index in [-0.39, 0.29) is 12.8 Å². The van der Waals surface area contributed by atoms with E-state index < -0.39 is 28.9 Å². The van der Waals surface area contributed by atoms with Gasteiger partial charge in [0.1, 0.15) is 6.10 Å². The van der Waals surface area contributed by atoms with Crippen LogP contribution in [0.5, 0.6) is 0 Å². The molecule has 0 saturated heterocycles. The molecule has 0 fully saturated rings. The normalized spacial score (nSPS) is 17.0. The first-order chi connectivity index (χ1) is 12.2. The molecule has 0 amide bonds. The quantitative estimate of drug-likeness (QED) is 0.666. The van der Waals surface area contributed by atoms with Gasteiger partial charge in [-0.3, -0.25) is 9.59 Å². The Morgan fingerprint density at radius 2 is 1.31 bits per heavy atom. The lowest BCUT2D eigenvalue weighted by Crippen LogP contribution is -2.63. The van der Waals surface area contributed by atoms with Gasteiger partial charge in [-0.15, -0.1) is 0 Å². The number of benzene rings is 2. The highest BCUT2D eigenvalue weighted by molar-refractivity contribution is 6.01. The van der Waals surface area contributed by atoms with Gasteiger partial charge in [0.05, 0.1) is 0 Å². The van der Waals surface area contributed by atoms with Crippen molar-refractivity contribution in [3.63, 3.8) is 0 Å². The summed E-state index contributed by atoms with van der Waals surface area (Å²) < 4.78 is 0. The lowest BCUT2D eigenvalue weighted by atomic mass is 9.75. The molecule has 2 rings (SSSR count). The van der Waals surface area contributed by atoms with Crippen molar-refractivity contribution in [2.75, 3.05) is 0 Å². The molecule has 0 aliphatic heterocycles. The maximum Gasteiger partial charge on any atom is 0.196 e. The van der Waals surface area contributed by atoms with Gasteiger partial charge >= 0.3 is 0 Å². The van der Waals surface area contributed by atoms with Gasteiger partial charge in [0.15, 0.2) is 22.8 Å². The molecule has 3 N–H and O–H groups in total. The smallest absolute Gasteiger partial charge is 0.196 e. The fourth-order valence-corrected chi connectivity index (χ4v) is 2.72. The van der Waals surface area contributed by atoms with E-state index in [4.69, 9.17) is 0 Å². The second-order valence-electron chi connectivity index (χ2n) is 6.80. The first-order valence-corrected chi connectivity index (χ1v) is 8.44. The largest absolute Gasteiger partial charge is 0.385 e. The zero-order chi connectivity index (χ0) is 19.4. The summed E-state index contributed by atoms with van der Waals surface area (Å²) in [7, 11) is 0. The van der Waals surface area contributed by atoms with Crippen LogP contribution in [0.3, 0.4) is 0 Å². The number of aliphatic hydroxyl groups is 3. The van der Waals surface area contributed by atoms with Gasteiger partial charge < -0.3 is 15.3 Å². The molecule has 0 heterocycles. The lowest BCUT2D eigenvalue weighted by Gasteiger charge is -2.37. The Morgan fingerprint density at radius 1 is 0.846 bits per heavy atom. The van der Waals surface area contributed by atoms with Crippen LogP contribution in [0.25, 0.3) is 0 Å². The summed E-state index contributed by atoms with van der Waals surface area (Å²) in [5, 5.41) is 31.5. The van der Waals surface area contributed by atoms with Crippen LogP contribution < -0.4 is 0 Å². The van der Waals surface area contributed by atoms with E-state index >= 15 is 0 Å². The fraction of sp³-hybridized carbons (Fsp3) is 0.333. The molecule has 138 valence electrons. The lowest BCUT2D eigenvalue weighted by molar-refractivity contribution is -0.180. The zero-order valence-electron chi connectivity index (χ0n) is 14.9. The molecule has 5 nitrogen and oxygen atoms in total.